The van der Waals surface area contributed by atoms with Crippen LogP contribution in [0.4, 0.5) is 39.4 Å². The second-order valence-corrected chi connectivity index (χ2v) is 6.77. The topological polar surface area (TPSA) is 81.8 Å². The lowest BCUT2D eigenvalue weighted by molar-refractivity contribution is -0.137. The molecule has 0 aliphatic carbocycles. The third kappa shape index (κ3) is 9.33. The van der Waals surface area contributed by atoms with E-state index in [2.05, 4.69) is 30.8 Å². The van der Waals surface area contributed by atoms with E-state index < -0.39 is 18.2 Å². The molecule has 2 aromatic heterocycles. The van der Waals surface area contributed by atoms with Gasteiger partial charge in [0, 0.05) is 12.7 Å². The Kier molecular flexibility index (Phi) is 11.9. The Morgan fingerprint density at radius 2 is 1.78 bits per heavy atom. The fourth-order valence-electron chi connectivity index (χ4n) is 2.89. The number of nitrogens with one attached hydrogen (secondary N) is 3. The van der Waals surface area contributed by atoms with Crippen LogP contribution < -0.4 is 10.6 Å². The Balaban J connectivity index is 0.000000358. The highest BCUT2D eigenvalue weighted by atomic mass is 19.4. The predicted octanol–water partition coefficient (Wildman–Crippen LogP) is 5.47. The van der Waals surface area contributed by atoms with Gasteiger partial charge in [-0.25, -0.2) is 13.8 Å². The molecule has 32 heavy (non-hydrogen) atoms. The molecule has 0 radical (unpaired) electrons. The molecule has 0 atom stereocenters. The van der Waals surface area contributed by atoms with Crippen LogP contribution in [0.25, 0.3) is 0 Å². The molecule has 0 amide bonds. The predicted molar refractivity (Wildman–Crippen MR) is 115 cm³/mol. The van der Waals surface area contributed by atoms with Gasteiger partial charge >= 0.3 is 6.18 Å². The second kappa shape index (κ2) is 13.8. The van der Waals surface area contributed by atoms with Gasteiger partial charge in [-0.05, 0) is 39.8 Å². The molecular weight excluding hydrogens is 433 g/mol. The number of aryl methyl sites for hydroxylation is 1. The molecule has 0 aromatic carbocycles. The van der Waals surface area contributed by atoms with Crippen LogP contribution in [-0.4, -0.2) is 57.7 Å². The summed E-state index contributed by atoms with van der Waals surface area (Å²) in [4.78, 5) is 9.37. The largest absolute Gasteiger partial charge is 0.421 e. The van der Waals surface area contributed by atoms with Crippen LogP contribution in [0.15, 0.2) is 12.4 Å². The Morgan fingerprint density at radius 3 is 2.28 bits per heavy atom. The van der Waals surface area contributed by atoms with Crippen LogP contribution in [0, 0.1) is 6.92 Å². The Labute approximate surface area is 185 Å². The maximum atomic E-state index is 12.8. The molecule has 0 unspecified atom stereocenters. The lowest BCUT2D eigenvalue weighted by Crippen LogP contribution is -2.33. The summed E-state index contributed by atoms with van der Waals surface area (Å²) in [6, 6.07) is 0. The van der Waals surface area contributed by atoms with Gasteiger partial charge in [0.05, 0.1) is 24.1 Å². The SMILES string of the molecule is CC.CCNc1nc(Nc2cn[nH]c2C)ncc1C(F)(F)F.FC(F)CN1CCCCC1. The summed E-state index contributed by atoms with van der Waals surface area (Å²) in [5, 5.41) is 11.9. The molecule has 1 aliphatic rings. The van der Waals surface area contributed by atoms with Crippen LogP contribution in [0.2, 0.25) is 0 Å². The number of hydrogen-bond donors (Lipinski definition) is 3. The molecule has 1 fully saturated rings. The van der Waals surface area contributed by atoms with Gasteiger partial charge in [-0.2, -0.15) is 23.3 Å². The number of aromatic amines is 1. The van der Waals surface area contributed by atoms with Gasteiger partial charge < -0.3 is 10.6 Å². The third-order valence-electron chi connectivity index (χ3n) is 4.36. The first kappa shape index (κ1) is 27.5. The van der Waals surface area contributed by atoms with Gasteiger partial charge in [-0.3, -0.25) is 10.00 Å². The lowest BCUT2D eigenvalue weighted by Gasteiger charge is -2.25. The number of H-pyrrole nitrogens is 1. The maximum Gasteiger partial charge on any atom is 0.421 e. The number of alkyl halides is 5. The van der Waals surface area contributed by atoms with Crippen LogP contribution >= 0.6 is 0 Å². The number of aromatic nitrogens is 4. The van der Waals surface area contributed by atoms with Crippen LogP contribution in [-0.2, 0) is 6.18 Å². The second-order valence-electron chi connectivity index (χ2n) is 6.77. The van der Waals surface area contributed by atoms with E-state index in [-0.39, 0.29) is 18.3 Å². The van der Waals surface area contributed by atoms with E-state index in [9.17, 15) is 22.0 Å². The van der Waals surface area contributed by atoms with Crippen molar-refractivity contribution in [2.24, 2.45) is 0 Å². The molecule has 7 nitrogen and oxygen atoms in total. The van der Waals surface area contributed by atoms with E-state index in [0.717, 1.165) is 37.8 Å². The number of halogens is 5. The minimum atomic E-state index is -4.50. The van der Waals surface area contributed by atoms with Crippen molar-refractivity contribution in [2.75, 3.05) is 36.8 Å². The molecule has 182 valence electrons. The standard InChI is InChI=1S/C11H13F3N6.C7H13F2N.C2H6/c1-3-15-9-7(11(12,13)14)4-16-10(19-9)18-8-5-17-20-6(8)2;8-7(9)6-10-4-2-1-3-5-10;1-2/h4-5H,3H2,1-2H3,(H,17,20)(H2,15,16,18,19);7H,1-6H2;1-2H3. The first-order valence-electron chi connectivity index (χ1n) is 10.7. The van der Waals surface area contributed by atoms with Crippen molar-refractivity contribution in [3.05, 3.63) is 23.7 Å². The number of piperidine rings is 1. The van der Waals surface area contributed by atoms with Crippen LogP contribution in [0.3, 0.4) is 0 Å². The minimum absolute atomic E-state index is 0.0278. The normalized spacial score (nSPS) is 14.2. The molecule has 1 saturated heterocycles. The fourth-order valence-corrected chi connectivity index (χ4v) is 2.89. The number of likely N-dealkylation sites (tertiary alicyclic amines) is 1. The number of nitrogens with zero attached hydrogens (tertiary/aromatic N) is 4. The molecule has 0 spiro atoms. The Morgan fingerprint density at radius 1 is 1.12 bits per heavy atom. The third-order valence-corrected chi connectivity index (χ3v) is 4.36. The summed E-state index contributed by atoms with van der Waals surface area (Å²) >= 11 is 0. The molecule has 12 heteroatoms. The molecule has 3 N–H and O–H groups in total. The molecule has 3 rings (SSSR count). The molecule has 1 aliphatic heterocycles. The average Bonchev–Trinajstić information content (AvgIpc) is 3.14. The summed E-state index contributed by atoms with van der Waals surface area (Å²) in [6.07, 6.45) is -1.01. The highest BCUT2D eigenvalue weighted by Crippen LogP contribution is 2.34. The van der Waals surface area contributed by atoms with Crippen molar-refractivity contribution < 1.29 is 22.0 Å². The van der Waals surface area contributed by atoms with Gasteiger partial charge in [-0.1, -0.05) is 20.3 Å². The van der Waals surface area contributed by atoms with Gasteiger partial charge in [-0.15, -0.1) is 0 Å². The Bertz CT molecular complexity index is 774. The zero-order valence-electron chi connectivity index (χ0n) is 18.9. The zero-order chi connectivity index (χ0) is 24.1. The fraction of sp³-hybridized carbons (Fsp3) is 0.650. The highest BCUT2D eigenvalue weighted by Gasteiger charge is 2.35. The van der Waals surface area contributed by atoms with Crippen molar-refractivity contribution in [3.8, 4) is 0 Å². The van der Waals surface area contributed by atoms with E-state index >= 15 is 0 Å². The summed E-state index contributed by atoms with van der Waals surface area (Å²) < 4.78 is 61.9. The monoisotopic (exact) mass is 465 g/mol. The molecule has 2 aromatic rings. The van der Waals surface area contributed by atoms with Crippen LogP contribution in [0.1, 0.15) is 51.3 Å². The summed E-state index contributed by atoms with van der Waals surface area (Å²) in [5.41, 5.74) is 0.444. The number of hydrogen-bond acceptors (Lipinski definition) is 6. The van der Waals surface area contributed by atoms with Crippen LogP contribution in [0.5, 0.6) is 0 Å². The molecule has 0 saturated carbocycles. The summed E-state index contributed by atoms with van der Waals surface area (Å²) in [7, 11) is 0. The van der Waals surface area contributed by atoms with E-state index in [1.54, 1.807) is 13.8 Å². The number of rotatable bonds is 6. The van der Waals surface area contributed by atoms with E-state index in [0.29, 0.717) is 12.2 Å². The average molecular weight is 466 g/mol. The zero-order valence-corrected chi connectivity index (χ0v) is 18.9. The minimum Gasteiger partial charge on any atom is -0.370 e. The summed E-state index contributed by atoms with van der Waals surface area (Å²) in [5.74, 6) is -0.183. The Hall–Kier alpha value is -2.50. The molecule has 0 bridgehead atoms. The maximum absolute atomic E-state index is 12.8. The molecular formula is C20H32F5N7. The van der Waals surface area contributed by atoms with Gasteiger partial charge in [0.25, 0.3) is 6.43 Å². The van der Waals surface area contributed by atoms with Crippen molar-refractivity contribution >= 4 is 17.5 Å². The van der Waals surface area contributed by atoms with E-state index in [1.807, 2.05) is 18.7 Å². The van der Waals surface area contributed by atoms with Gasteiger partial charge in [0.1, 0.15) is 11.4 Å². The van der Waals surface area contributed by atoms with Gasteiger partial charge in [0.2, 0.25) is 5.95 Å². The first-order chi connectivity index (χ1) is 15.2. The smallest absolute Gasteiger partial charge is 0.370 e. The van der Waals surface area contributed by atoms with Crippen molar-refractivity contribution in [1.82, 2.24) is 25.1 Å². The van der Waals surface area contributed by atoms with E-state index in [1.165, 1.54) is 12.6 Å². The van der Waals surface area contributed by atoms with Crippen molar-refractivity contribution in [1.29, 1.82) is 0 Å². The lowest BCUT2D eigenvalue weighted by atomic mass is 10.1. The van der Waals surface area contributed by atoms with E-state index in [4.69, 9.17) is 0 Å². The number of anilines is 3. The van der Waals surface area contributed by atoms with Gasteiger partial charge in [0.15, 0.2) is 0 Å². The molecule has 3 heterocycles. The highest BCUT2D eigenvalue weighted by molar-refractivity contribution is 5.57. The first-order valence-corrected chi connectivity index (χ1v) is 10.7. The quantitative estimate of drug-likeness (QED) is 0.491. The summed E-state index contributed by atoms with van der Waals surface area (Å²) in [6.45, 7) is 9.49. The van der Waals surface area contributed by atoms with Crippen molar-refractivity contribution in [3.63, 3.8) is 0 Å². The van der Waals surface area contributed by atoms with Crippen molar-refractivity contribution in [2.45, 2.75) is 59.6 Å².